The molecule has 0 saturated heterocycles. The first-order chi connectivity index (χ1) is 10.2. The Bertz CT molecular complexity index is 595. The SMILES string of the molecule is CC(CC(=O)CCCCCO)c1ccc2ccccc2n1. The Kier molecular flexibility index (Phi) is 5.88. The van der Waals surface area contributed by atoms with Crippen LogP contribution in [0.4, 0.5) is 0 Å². The highest BCUT2D eigenvalue weighted by Gasteiger charge is 2.12. The molecule has 0 bridgehead atoms. The Morgan fingerprint density at radius 2 is 1.95 bits per heavy atom. The molecule has 0 spiro atoms. The summed E-state index contributed by atoms with van der Waals surface area (Å²) in [5, 5.41) is 9.85. The molecule has 1 heterocycles. The van der Waals surface area contributed by atoms with Crippen LogP contribution in [0.2, 0.25) is 0 Å². The minimum Gasteiger partial charge on any atom is -0.396 e. The van der Waals surface area contributed by atoms with Crippen molar-refractivity contribution < 1.29 is 9.90 Å². The van der Waals surface area contributed by atoms with Gasteiger partial charge in [-0.3, -0.25) is 9.78 Å². The second kappa shape index (κ2) is 7.89. The molecule has 1 atom stereocenters. The number of rotatable bonds is 8. The smallest absolute Gasteiger partial charge is 0.133 e. The maximum atomic E-state index is 12.0. The van der Waals surface area contributed by atoms with Crippen LogP contribution >= 0.6 is 0 Å². The molecule has 3 heteroatoms. The number of fused-ring (bicyclic) bond motifs is 1. The van der Waals surface area contributed by atoms with Crippen molar-refractivity contribution in [2.75, 3.05) is 6.61 Å². The topological polar surface area (TPSA) is 50.2 Å². The van der Waals surface area contributed by atoms with E-state index in [2.05, 4.69) is 18.0 Å². The van der Waals surface area contributed by atoms with E-state index in [9.17, 15) is 4.79 Å². The van der Waals surface area contributed by atoms with E-state index in [0.29, 0.717) is 12.8 Å². The van der Waals surface area contributed by atoms with E-state index < -0.39 is 0 Å². The number of aromatic nitrogens is 1. The third kappa shape index (κ3) is 4.64. The van der Waals surface area contributed by atoms with Gasteiger partial charge in [-0.25, -0.2) is 0 Å². The molecule has 1 N–H and O–H groups in total. The van der Waals surface area contributed by atoms with Gasteiger partial charge in [-0.1, -0.05) is 37.6 Å². The van der Waals surface area contributed by atoms with E-state index in [-0.39, 0.29) is 18.3 Å². The van der Waals surface area contributed by atoms with Gasteiger partial charge in [0.05, 0.1) is 5.52 Å². The highest BCUT2D eigenvalue weighted by Crippen LogP contribution is 2.21. The number of aliphatic hydroxyl groups excluding tert-OH is 1. The standard InChI is InChI=1S/C18H23NO2/c1-14(13-16(21)8-3-2-6-12-20)17-11-10-15-7-4-5-9-18(15)19-17/h4-5,7,9-11,14,20H,2-3,6,8,12-13H2,1H3. The lowest BCUT2D eigenvalue weighted by Gasteiger charge is -2.11. The normalized spacial score (nSPS) is 12.5. The third-order valence-electron chi connectivity index (χ3n) is 3.77. The summed E-state index contributed by atoms with van der Waals surface area (Å²) in [6.45, 7) is 2.27. The van der Waals surface area contributed by atoms with Crippen molar-refractivity contribution in [1.82, 2.24) is 4.98 Å². The van der Waals surface area contributed by atoms with E-state index in [1.807, 2.05) is 30.3 Å². The fraction of sp³-hybridized carbons (Fsp3) is 0.444. The second-order valence-corrected chi connectivity index (χ2v) is 5.61. The number of hydrogen-bond donors (Lipinski definition) is 1. The summed E-state index contributed by atoms with van der Waals surface area (Å²) >= 11 is 0. The van der Waals surface area contributed by atoms with Gasteiger partial charge in [0.2, 0.25) is 0 Å². The first kappa shape index (κ1) is 15.6. The number of Topliss-reactive ketones (excluding diaryl/α,β-unsaturated/α-hetero) is 1. The lowest BCUT2D eigenvalue weighted by Crippen LogP contribution is -2.06. The Morgan fingerprint density at radius 3 is 2.76 bits per heavy atom. The molecule has 0 saturated carbocycles. The fourth-order valence-electron chi connectivity index (χ4n) is 2.52. The molecule has 0 aliphatic carbocycles. The molecule has 1 aromatic carbocycles. The minimum absolute atomic E-state index is 0.153. The van der Waals surface area contributed by atoms with Crippen LogP contribution in [0, 0.1) is 0 Å². The lowest BCUT2D eigenvalue weighted by atomic mass is 9.97. The fourth-order valence-corrected chi connectivity index (χ4v) is 2.52. The molecular formula is C18H23NO2. The highest BCUT2D eigenvalue weighted by atomic mass is 16.2. The van der Waals surface area contributed by atoms with Gasteiger partial charge in [-0.05, 0) is 25.0 Å². The molecule has 1 aromatic heterocycles. The van der Waals surface area contributed by atoms with Crippen LogP contribution in [-0.4, -0.2) is 22.5 Å². The zero-order valence-corrected chi connectivity index (χ0v) is 12.6. The first-order valence-corrected chi connectivity index (χ1v) is 7.69. The quantitative estimate of drug-likeness (QED) is 0.749. The van der Waals surface area contributed by atoms with Gasteiger partial charge < -0.3 is 5.11 Å². The number of ketones is 1. The summed E-state index contributed by atoms with van der Waals surface area (Å²) < 4.78 is 0. The highest BCUT2D eigenvalue weighted by molar-refractivity contribution is 5.80. The van der Waals surface area contributed by atoms with E-state index in [4.69, 9.17) is 5.11 Å². The summed E-state index contributed by atoms with van der Waals surface area (Å²) in [7, 11) is 0. The lowest BCUT2D eigenvalue weighted by molar-refractivity contribution is -0.119. The van der Waals surface area contributed by atoms with Crippen LogP contribution in [0.25, 0.3) is 10.9 Å². The predicted molar refractivity (Wildman–Crippen MR) is 85.3 cm³/mol. The van der Waals surface area contributed by atoms with Crippen molar-refractivity contribution in [3.63, 3.8) is 0 Å². The van der Waals surface area contributed by atoms with Crippen molar-refractivity contribution >= 4 is 16.7 Å². The number of pyridine rings is 1. The molecule has 0 aliphatic rings. The van der Waals surface area contributed by atoms with Crippen LogP contribution in [0.5, 0.6) is 0 Å². The van der Waals surface area contributed by atoms with Crippen LogP contribution in [0.15, 0.2) is 36.4 Å². The van der Waals surface area contributed by atoms with Crippen LogP contribution < -0.4 is 0 Å². The molecule has 3 nitrogen and oxygen atoms in total. The molecule has 0 fully saturated rings. The van der Waals surface area contributed by atoms with Crippen LogP contribution in [-0.2, 0) is 4.79 Å². The molecule has 2 aromatic rings. The number of unbranched alkanes of at least 4 members (excludes halogenated alkanes) is 2. The number of nitrogens with zero attached hydrogens (tertiary/aromatic N) is 1. The predicted octanol–water partition coefficient (Wildman–Crippen LogP) is 3.85. The van der Waals surface area contributed by atoms with Crippen molar-refractivity contribution in [2.45, 2.75) is 44.9 Å². The van der Waals surface area contributed by atoms with Gasteiger partial charge in [0.25, 0.3) is 0 Å². The average Bonchev–Trinajstić information content (AvgIpc) is 2.51. The van der Waals surface area contributed by atoms with Crippen LogP contribution in [0.3, 0.4) is 0 Å². The van der Waals surface area contributed by atoms with E-state index in [1.54, 1.807) is 0 Å². The van der Waals surface area contributed by atoms with Crippen molar-refractivity contribution in [3.8, 4) is 0 Å². The zero-order valence-electron chi connectivity index (χ0n) is 12.6. The molecule has 1 unspecified atom stereocenters. The average molecular weight is 285 g/mol. The molecule has 2 rings (SSSR count). The molecule has 0 amide bonds. The zero-order chi connectivity index (χ0) is 15.1. The Balaban J connectivity index is 1.92. The van der Waals surface area contributed by atoms with E-state index >= 15 is 0 Å². The number of para-hydroxylation sites is 1. The van der Waals surface area contributed by atoms with Crippen molar-refractivity contribution in [3.05, 3.63) is 42.1 Å². The maximum absolute atomic E-state index is 12.0. The molecular weight excluding hydrogens is 262 g/mol. The van der Waals surface area contributed by atoms with Crippen molar-refractivity contribution in [1.29, 1.82) is 0 Å². The third-order valence-corrected chi connectivity index (χ3v) is 3.77. The molecule has 112 valence electrons. The van der Waals surface area contributed by atoms with Gasteiger partial charge in [-0.2, -0.15) is 0 Å². The van der Waals surface area contributed by atoms with E-state index in [1.165, 1.54) is 0 Å². The Hall–Kier alpha value is -1.74. The number of benzene rings is 1. The van der Waals surface area contributed by atoms with Crippen molar-refractivity contribution in [2.24, 2.45) is 0 Å². The molecule has 21 heavy (non-hydrogen) atoms. The van der Waals surface area contributed by atoms with Gasteiger partial charge in [-0.15, -0.1) is 0 Å². The largest absolute Gasteiger partial charge is 0.396 e. The Labute approximate surface area is 126 Å². The summed E-state index contributed by atoms with van der Waals surface area (Å²) in [4.78, 5) is 16.6. The summed E-state index contributed by atoms with van der Waals surface area (Å²) in [5.41, 5.74) is 1.97. The van der Waals surface area contributed by atoms with Crippen LogP contribution in [0.1, 0.15) is 50.6 Å². The maximum Gasteiger partial charge on any atom is 0.133 e. The molecule has 0 aliphatic heterocycles. The number of hydrogen-bond acceptors (Lipinski definition) is 3. The van der Waals surface area contributed by atoms with E-state index in [0.717, 1.165) is 35.9 Å². The van der Waals surface area contributed by atoms with Gasteiger partial charge in [0.1, 0.15) is 5.78 Å². The first-order valence-electron chi connectivity index (χ1n) is 7.69. The molecule has 0 radical (unpaired) electrons. The van der Waals surface area contributed by atoms with Gasteiger partial charge >= 0.3 is 0 Å². The summed E-state index contributed by atoms with van der Waals surface area (Å²) in [6.07, 6.45) is 3.74. The monoisotopic (exact) mass is 285 g/mol. The number of carbonyl (C=O) groups excluding carboxylic acids is 1. The summed E-state index contributed by atoms with van der Waals surface area (Å²) in [6, 6.07) is 12.1. The van der Waals surface area contributed by atoms with Gasteiger partial charge in [0.15, 0.2) is 0 Å². The Morgan fingerprint density at radius 1 is 1.14 bits per heavy atom. The number of carbonyl (C=O) groups is 1. The summed E-state index contributed by atoms with van der Waals surface area (Å²) in [5.74, 6) is 0.440. The van der Waals surface area contributed by atoms with Gasteiger partial charge in [0, 0.05) is 36.4 Å². The number of aliphatic hydroxyl groups is 1. The second-order valence-electron chi connectivity index (χ2n) is 5.61. The minimum atomic E-state index is 0.153.